The molecule has 1 amide bonds. The summed E-state index contributed by atoms with van der Waals surface area (Å²) in [6.45, 7) is 5.24. The van der Waals surface area contributed by atoms with Gasteiger partial charge in [0, 0.05) is 45.0 Å². The van der Waals surface area contributed by atoms with Gasteiger partial charge in [-0.05, 0) is 25.8 Å². The number of hydrogen-bond acceptors (Lipinski definition) is 5. The number of nitrogens with zero attached hydrogens (tertiary/aromatic N) is 3. The fourth-order valence-corrected chi connectivity index (χ4v) is 2.97. The van der Waals surface area contributed by atoms with E-state index in [9.17, 15) is 18.0 Å². The van der Waals surface area contributed by atoms with E-state index in [1.807, 2.05) is 6.92 Å². The first kappa shape index (κ1) is 23.7. The van der Waals surface area contributed by atoms with Crippen molar-refractivity contribution in [3.8, 4) is 5.88 Å². The molecule has 8 nitrogen and oxygen atoms in total. The van der Waals surface area contributed by atoms with Crippen LogP contribution in [-0.4, -0.2) is 74.2 Å². The molecule has 0 aromatic carbocycles. The van der Waals surface area contributed by atoms with Crippen LogP contribution in [0.3, 0.4) is 0 Å². The average Bonchev–Trinajstić information content (AvgIpc) is 2.72. The number of likely N-dealkylation sites (N-methyl/N-ethyl adjacent to an activating group) is 1. The van der Waals surface area contributed by atoms with Crippen LogP contribution in [0.2, 0.25) is 0 Å². The quantitative estimate of drug-likeness (QED) is 0.327. The van der Waals surface area contributed by atoms with Crippen molar-refractivity contribution >= 4 is 11.9 Å². The number of likely N-dealkylation sites (tertiary alicyclic amines) is 1. The van der Waals surface area contributed by atoms with Crippen molar-refractivity contribution < 1.29 is 22.7 Å². The van der Waals surface area contributed by atoms with E-state index >= 15 is 0 Å². The lowest BCUT2D eigenvalue weighted by Gasteiger charge is -2.32. The van der Waals surface area contributed by atoms with Gasteiger partial charge in [-0.3, -0.25) is 9.69 Å². The van der Waals surface area contributed by atoms with Crippen molar-refractivity contribution in [2.24, 2.45) is 4.99 Å². The minimum atomic E-state index is -4.42. The predicted molar refractivity (Wildman–Crippen MR) is 107 cm³/mol. The molecule has 0 unspecified atom stereocenters. The zero-order valence-corrected chi connectivity index (χ0v) is 17.3. The Hall–Kier alpha value is -2.56. The van der Waals surface area contributed by atoms with Gasteiger partial charge < -0.3 is 20.7 Å². The number of rotatable bonds is 8. The lowest BCUT2D eigenvalue weighted by atomic mass is 10.1. The Morgan fingerprint density at radius 3 is 2.63 bits per heavy atom. The lowest BCUT2D eigenvalue weighted by Crippen LogP contribution is -2.50. The van der Waals surface area contributed by atoms with E-state index in [-0.39, 0.29) is 24.4 Å². The van der Waals surface area contributed by atoms with Gasteiger partial charge in [0.1, 0.15) is 6.61 Å². The fourth-order valence-electron chi connectivity index (χ4n) is 2.97. The molecule has 1 fully saturated rings. The highest BCUT2D eigenvalue weighted by atomic mass is 19.4. The van der Waals surface area contributed by atoms with E-state index < -0.39 is 11.7 Å². The number of alkyl halides is 3. The maximum Gasteiger partial charge on any atom is 0.417 e. The van der Waals surface area contributed by atoms with Crippen LogP contribution >= 0.6 is 0 Å². The van der Waals surface area contributed by atoms with Gasteiger partial charge in [-0.1, -0.05) is 0 Å². The molecule has 0 aliphatic carbocycles. The SMILES string of the molecule is CCNC(=NCCOc1ccc(C(F)(F)F)cn1)NC1CCN(CC(=O)NC)CC1. The number of pyridine rings is 1. The molecule has 0 bridgehead atoms. The molecule has 30 heavy (non-hydrogen) atoms. The molecular formula is C19H29F3N6O2. The van der Waals surface area contributed by atoms with Crippen molar-refractivity contribution in [3.63, 3.8) is 0 Å². The number of aliphatic imine (C=N–C) groups is 1. The highest BCUT2D eigenvalue weighted by Gasteiger charge is 2.30. The third-order valence-electron chi connectivity index (χ3n) is 4.59. The summed E-state index contributed by atoms with van der Waals surface area (Å²) in [6, 6.07) is 2.39. The van der Waals surface area contributed by atoms with Gasteiger partial charge in [-0.15, -0.1) is 0 Å². The van der Waals surface area contributed by atoms with Crippen molar-refractivity contribution in [3.05, 3.63) is 23.9 Å². The second kappa shape index (κ2) is 11.6. The maximum atomic E-state index is 12.5. The van der Waals surface area contributed by atoms with Gasteiger partial charge in [0.15, 0.2) is 5.96 Å². The van der Waals surface area contributed by atoms with E-state index in [0.717, 1.165) is 38.2 Å². The van der Waals surface area contributed by atoms with Crippen LogP contribution in [-0.2, 0) is 11.0 Å². The second-order valence-electron chi connectivity index (χ2n) is 6.86. The maximum absolute atomic E-state index is 12.5. The molecule has 3 N–H and O–H groups in total. The molecule has 11 heteroatoms. The molecule has 0 radical (unpaired) electrons. The topological polar surface area (TPSA) is 90.9 Å². The van der Waals surface area contributed by atoms with Crippen LogP contribution in [0.25, 0.3) is 0 Å². The number of hydrogen-bond donors (Lipinski definition) is 3. The van der Waals surface area contributed by atoms with Crippen LogP contribution in [0.15, 0.2) is 23.3 Å². The Morgan fingerprint density at radius 2 is 2.07 bits per heavy atom. The minimum absolute atomic E-state index is 0.0128. The summed E-state index contributed by atoms with van der Waals surface area (Å²) < 4.78 is 43.0. The van der Waals surface area contributed by atoms with Crippen LogP contribution in [0.4, 0.5) is 13.2 Å². The average molecular weight is 430 g/mol. The summed E-state index contributed by atoms with van der Waals surface area (Å²) in [5.74, 6) is 0.796. The van der Waals surface area contributed by atoms with Crippen LogP contribution in [0.1, 0.15) is 25.3 Å². The third-order valence-corrected chi connectivity index (χ3v) is 4.59. The van der Waals surface area contributed by atoms with Gasteiger partial charge in [-0.2, -0.15) is 13.2 Å². The zero-order valence-electron chi connectivity index (χ0n) is 17.3. The molecule has 1 saturated heterocycles. The van der Waals surface area contributed by atoms with Crippen molar-refractivity contribution in [2.45, 2.75) is 32.0 Å². The molecule has 0 atom stereocenters. The fraction of sp³-hybridized carbons (Fsp3) is 0.632. The third kappa shape index (κ3) is 8.05. The summed E-state index contributed by atoms with van der Waals surface area (Å²) in [7, 11) is 1.63. The number of carbonyl (C=O) groups excluding carboxylic acids is 1. The second-order valence-corrected chi connectivity index (χ2v) is 6.86. The number of carbonyl (C=O) groups is 1. The van der Waals surface area contributed by atoms with Gasteiger partial charge in [-0.25, -0.2) is 9.98 Å². The van der Waals surface area contributed by atoms with E-state index in [4.69, 9.17) is 4.74 Å². The first-order valence-electron chi connectivity index (χ1n) is 9.95. The molecule has 2 rings (SSSR count). The summed E-state index contributed by atoms with van der Waals surface area (Å²) in [5, 5.41) is 9.18. The number of piperidine rings is 1. The Balaban J connectivity index is 1.76. The lowest BCUT2D eigenvalue weighted by molar-refractivity contribution is -0.137. The predicted octanol–water partition coefficient (Wildman–Crippen LogP) is 1.24. The monoisotopic (exact) mass is 430 g/mol. The molecule has 2 heterocycles. The van der Waals surface area contributed by atoms with Gasteiger partial charge in [0.2, 0.25) is 11.8 Å². The normalized spacial score (nSPS) is 16.2. The van der Waals surface area contributed by atoms with Gasteiger partial charge in [0.05, 0.1) is 18.7 Å². The number of ether oxygens (including phenoxy) is 1. The number of halogens is 3. The summed E-state index contributed by atoms with van der Waals surface area (Å²) >= 11 is 0. The molecule has 1 aromatic heterocycles. The zero-order chi connectivity index (χ0) is 22.0. The van der Waals surface area contributed by atoms with E-state index in [1.54, 1.807) is 7.05 Å². The van der Waals surface area contributed by atoms with Crippen LogP contribution in [0, 0.1) is 0 Å². The molecular weight excluding hydrogens is 401 g/mol. The van der Waals surface area contributed by atoms with E-state index in [0.29, 0.717) is 25.6 Å². The Kier molecular flexibility index (Phi) is 9.15. The minimum Gasteiger partial charge on any atom is -0.476 e. The van der Waals surface area contributed by atoms with E-state index in [2.05, 4.69) is 30.8 Å². The van der Waals surface area contributed by atoms with Crippen molar-refractivity contribution in [1.82, 2.24) is 25.8 Å². The van der Waals surface area contributed by atoms with Crippen LogP contribution < -0.4 is 20.7 Å². The number of aromatic nitrogens is 1. The standard InChI is InChI=1S/C19H29F3N6O2/c1-3-24-18(27-15-6-9-28(10-7-15)13-16(29)23-2)25-8-11-30-17-5-4-14(12-26-17)19(20,21)22/h4-5,12,15H,3,6-11,13H2,1-2H3,(H,23,29)(H2,24,25,27). The van der Waals surface area contributed by atoms with Gasteiger partial charge in [0.25, 0.3) is 0 Å². The molecule has 168 valence electrons. The molecule has 0 spiro atoms. The molecule has 1 aromatic rings. The molecule has 1 aliphatic rings. The first-order chi connectivity index (χ1) is 14.3. The Labute approximate surface area is 174 Å². The van der Waals surface area contributed by atoms with Crippen molar-refractivity contribution in [2.75, 3.05) is 46.4 Å². The Bertz CT molecular complexity index is 689. The smallest absolute Gasteiger partial charge is 0.417 e. The molecule has 0 saturated carbocycles. The largest absolute Gasteiger partial charge is 0.476 e. The number of guanidine groups is 1. The van der Waals surface area contributed by atoms with E-state index in [1.165, 1.54) is 6.07 Å². The summed E-state index contributed by atoms with van der Waals surface area (Å²) in [5.41, 5.74) is -0.812. The molecule has 1 aliphatic heterocycles. The Morgan fingerprint density at radius 1 is 1.33 bits per heavy atom. The van der Waals surface area contributed by atoms with Gasteiger partial charge >= 0.3 is 6.18 Å². The van der Waals surface area contributed by atoms with Crippen LogP contribution in [0.5, 0.6) is 5.88 Å². The number of amides is 1. The first-order valence-corrected chi connectivity index (χ1v) is 9.95. The number of nitrogens with one attached hydrogen (secondary N) is 3. The summed E-state index contributed by atoms with van der Waals surface area (Å²) in [6.07, 6.45) is -1.87. The summed E-state index contributed by atoms with van der Waals surface area (Å²) in [4.78, 5) is 21.7. The van der Waals surface area contributed by atoms with Crippen molar-refractivity contribution in [1.29, 1.82) is 0 Å². The highest BCUT2D eigenvalue weighted by Crippen LogP contribution is 2.29. The highest BCUT2D eigenvalue weighted by molar-refractivity contribution is 5.80.